The number of hydrogen-bond donors (Lipinski definition) is 2. The van der Waals surface area contributed by atoms with Crippen LogP contribution in [0.25, 0.3) is 0 Å². The van der Waals surface area contributed by atoms with E-state index in [1.54, 1.807) is 42.6 Å². The predicted octanol–water partition coefficient (Wildman–Crippen LogP) is 3.37. The van der Waals surface area contributed by atoms with Gasteiger partial charge in [0.05, 0.1) is 32.6 Å². The molecule has 0 aliphatic carbocycles. The van der Waals surface area contributed by atoms with Gasteiger partial charge in [0.25, 0.3) is 0 Å². The van der Waals surface area contributed by atoms with E-state index in [1.165, 1.54) is 4.88 Å². The molecule has 27 heavy (non-hydrogen) atoms. The first-order chi connectivity index (χ1) is 13.2. The van der Waals surface area contributed by atoms with Crippen LogP contribution in [-0.2, 0) is 13.0 Å². The van der Waals surface area contributed by atoms with Crippen molar-refractivity contribution in [3.05, 3.63) is 58.5 Å². The van der Waals surface area contributed by atoms with Crippen LogP contribution in [0.15, 0.2) is 48.1 Å². The highest BCUT2D eigenvalue weighted by Gasteiger charge is 2.11. The molecule has 2 N–H and O–H groups in total. The first kappa shape index (κ1) is 18.8. The van der Waals surface area contributed by atoms with Gasteiger partial charge < -0.3 is 20.1 Å². The van der Waals surface area contributed by atoms with Crippen LogP contribution in [-0.4, -0.2) is 36.6 Å². The number of methoxy groups -OCH3 is 2. The SMILES string of the molecule is COc1cccc(Cn2cc(NC(=O)NCCc3cccs3)cn2)c1OC. The van der Waals surface area contributed by atoms with E-state index >= 15 is 0 Å². The molecule has 0 saturated heterocycles. The normalized spacial score (nSPS) is 10.4. The molecule has 3 aromatic rings. The molecule has 0 spiro atoms. The average molecular weight is 386 g/mol. The molecule has 142 valence electrons. The minimum Gasteiger partial charge on any atom is -0.493 e. The van der Waals surface area contributed by atoms with Gasteiger partial charge in [0.15, 0.2) is 11.5 Å². The van der Waals surface area contributed by atoms with E-state index in [9.17, 15) is 4.79 Å². The van der Waals surface area contributed by atoms with Gasteiger partial charge in [-0.25, -0.2) is 4.79 Å². The van der Waals surface area contributed by atoms with Crippen LogP contribution < -0.4 is 20.1 Å². The lowest BCUT2D eigenvalue weighted by Crippen LogP contribution is -2.30. The lowest BCUT2D eigenvalue weighted by atomic mass is 10.2. The zero-order chi connectivity index (χ0) is 19.1. The first-order valence-corrected chi connectivity index (χ1v) is 9.37. The molecule has 0 atom stereocenters. The number of anilines is 1. The number of carbonyl (C=O) groups is 1. The lowest BCUT2D eigenvalue weighted by Gasteiger charge is -2.12. The summed E-state index contributed by atoms with van der Waals surface area (Å²) in [6, 6.07) is 9.52. The maximum atomic E-state index is 12.0. The number of urea groups is 1. The van der Waals surface area contributed by atoms with Crippen molar-refractivity contribution in [2.24, 2.45) is 0 Å². The summed E-state index contributed by atoms with van der Waals surface area (Å²) >= 11 is 1.68. The number of aromatic nitrogens is 2. The maximum Gasteiger partial charge on any atom is 0.319 e. The van der Waals surface area contributed by atoms with Crippen molar-refractivity contribution < 1.29 is 14.3 Å². The summed E-state index contributed by atoms with van der Waals surface area (Å²) in [5, 5.41) is 12.0. The molecule has 0 fully saturated rings. The van der Waals surface area contributed by atoms with Crippen molar-refractivity contribution >= 4 is 23.1 Å². The molecule has 0 aliphatic heterocycles. The minimum absolute atomic E-state index is 0.245. The zero-order valence-electron chi connectivity index (χ0n) is 15.3. The Kier molecular flexibility index (Phi) is 6.32. The fourth-order valence-electron chi connectivity index (χ4n) is 2.70. The largest absolute Gasteiger partial charge is 0.493 e. The fraction of sp³-hybridized carbons (Fsp3) is 0.263. The summed E-state index contributed by atoms with van der Waals surface area (Å²) in [5.74, 6) is 1.35. The standard InChI is InChI=1S/C19H22N4O3S/c1-25-17-7-3-5-14(18(17)26-2)12-23-13-15(11-21-23)22-19(24)20-9-8-16-6-4-10-27-16/h3-7,10-11,13H,8-9,12H2,1-2H3,(H2,20,22,24). The molecule has 2 heterocycles. The van der Waals surface area contributed by atoms with Gasteiger partial charge in [-0.05, 0) is 23.9 Å². The highest BCUT2D eigenvalue weighted by molar-refractivity contribution is 7.09. The Morgan fingerprint density at radius 2 is 2.11 bits per heavy atom. The van der Waals surface area contributed by atoms with Gasteiger partial charge in [-0.1, -0.05) is 18.2 Å². The molecule has 0 aliphatic rings. The van der Waals surface area contributed by atoms with Crippen LogP contribution in [0.1, 0.15) is 10.4 Å². The second-order valence-corrected chi connectivity index (χ2v) is 6.82. The first-order valence-electron chi connectivity index (χ1n) is 8.49. The molecule has 8 heteroatoms. The third kappa shape index (κ3) is 5.01. The topological polar surface area (TPSA) is 77.4 Å². The quantitative estimate of drug-likeness (QED) is 0.622. The average Bonchev–Trinajstić information content (AvgIpc) is 3.33. The number of nitrogens with one attached hydrogen (secondary N) is 2. The number of rotatable bonds is 8. The molecule has 0 saturated carbocycles. The second-order valence-electron chi connectivity index (χ2n) is 5.79. The number of para-hydroxylation sites is 1. The Labute approximate surface area is 161 Å². The molecule has 2 aromatic heterocycles. The molecule has 0 unspecified atom stereocenters. The van der Waals surface area contributed by atoms with E-state index in [0.29, 0.717) is 30.3 Å². The van der Waals surface area contributed by atoms with Crippen LogP contribution >= 0.6 is 11.3 Å². The highest BCUT2D eigenvalue weighted by atomic mass is 32.1. The number of benzene rings is 1. The molecule has 0 radical (unpaired) electrons. The van der Waals surface area contributed by atoms with Gasteiger partial charge in [0.2, 0.25) is 0 Å². The van der Waals surface area contributed by atoms with E-state index < -0.39 is 0 Å². The molecular formula is C19H22N4O3S. The highest BCUT2D eigenvalue weighted by Crippen LogP contribution is 2.31. The van der Waals surface area contributed by atoms with E-state index in [2.05, 4.69) is 21.8 Å². The Hall–Kier alpha value is -3.00. The van der Waals surface area contributed by atoms with Gasteiger partial charge in [0.1, 0.15) is 0 Å². The van der Waals surface area contributed by atoms with Crippen LogP contribution in [0, 0.1) is 0 Å². The van der Waals surface area contributed by atoms with Crippen molar-refractivity contribution in [2.45, 2.75) is 13.0 Å². The third-order valence-corrected chi connectivity index (χ3v) is 4.88. The van der Waals surface area contributed by atoms with Gasteiger partial charge in [-0.2, -0.15) is 5.10 Å². The number of carbonyl (C=O) groups excluding carboxylic acids is 1. The Morgan fingerprint density at radius 3 is 2.85 bits per heavy atom. The van der Waals surface area contributed by atoms with Gasteiger partial charge in [-0.3, -0.25) is 4.68 Å². The molecular weight excluding hydrogens is 364 g/mol. The molecule has 7 nitrogen and oxygen atoms in total. The summed E-state index contributed by atoms with van der Waals surface area (Å²) in [6.07, 6.45) is 4.21. The van der Waals surface area contributed by atoms with Crippen LogP contribution in [0.2, 0.25) is 0 Å². The Bertz CT molecular complexity index is 877. The Balaban J connectivity index is 1.54. The van der Waals surface area contributed by atoms with Gasteiger partial charge in [0, 0.05) is 23.2 Å². The zero-order valence-corrected chi connectivity index (χ0v) is 16.1. The predicted molar refractivity (Wildman–Crippen MR) is 106 cm³/mol. The van der Waals surface area contributed by atoms with E-state index in [4.69, 9.17) is 9.47 Å². The van der Waals surface area contributed by atoms with Crippen molar-refractivity contribution in [3.63, 3.8) is 0 Å². The number of hydrogen-bond acceptors (Lipinski definition) is 5. The minimum atomic E-state index is -0.245. The van der Waals surface area contributed by atoms with E-state index in [-0.39, 0.29) is 6.03 Å². The lowest BCUT2D eigenvalue weighted by molar-refractivity contribution is 0.252. The maximum absolute atomic E-state index is 12.0. The van der Waals surface area contributed by atoms with Crippen molar-refractivity contribution in [1.82, 2.24) is 15.1 Å². The number of amides is 2. The van der Waals surface area contributed by atoms with Gasteiger partial charge >= 0.3 is 6.03 Å². The van der Waals surface area contributed by atoms with Crippen molar-refractivity contribution in [3.8, 4) is 11.5 Å². The smallest absolute Gasteiger partial charge is 0.319 e. The summed E-state index contributed by atoms with van der Waals surface area (Å²) in [6.45, 7) is 1.09. The van der Waals surface area contributed by atoms with E-state index in [1.807, 2.05) is 29.6 Å². The summed E-state index contributed by atoms with van der Waals surface area (Å²) < 4.78 is 12.5. The number of nitrogens with zero attached hydrogens (tertiary/aromatic N) is 2. The molecule has 2 amide bonds. The number of ether oxygens (including phenoxy) is 2. The van der Waals surface area contributed by atoms with Crippen molar-refractivity contribution in [1.29, 1.82) is 0 Å². The summed E-state index contributed by atoms with van der Waals surface area (Å²) in [4.78, 5) is 13.2. The summed E-state index contributed by atoms with van der Waals surface area (Å²) in [5.41, 5.74) is 1.57. The van der Waals surface area contributed by atoms with Crippen LogP contribution in [0.5, 0.6) is 11.5 Å². The molecule has 1 aromatic carbocycles. The van der Waals surface area contributed by atoms with Gasteiger partial charge in [-0.15, -0.1) is 11.3 Å². The monoisotopic (exact) mass is 386 g/mol. The molecule has 0 bridgehead atoms. The second kappa shape index (κ2) is 9.09. The third-order valence-electron chi connectivity index (χ3n) is 3.95. The Morgan fingerprint density at radius 1 is 1.22 bits per heavy atom. The molecule has 3 rings (SSSR count). The summed E-state index contributed by atoms with van der Waals surface area (Å²) in [7, 11) is 3.21. The van der Waals surface area contributed by atoms with Crippen LogP contribution in [0.4, 0.5) is 10.5 Å². The van der Waals surface area contributed by atoms with Crippen LogP contribution in [0.3, 0.4) is 0 Å². The van der Waals surface area contributed by atoms with E-state index in [0.717, 1.165) is 12.0 Å². The van der Waals surface area contributed by atoms with Crippen molar-refractivity contribution in [2.75, 3.05) is 26.1 Å². The fourth-order valence-corrected chi connectivity index (χ4v) is 3.41. The number of thiophene rings is 1.